The summed E-state index contributed by atoms with van der Waals surface area (Å²) in [5.41, 5.74) is 6.90. The first-order valence-corrected chi connectivity index (χ1v) is 9.55. The molecule has 0 unspecified atom stereocenters. The molecule has 0 amide bonds. The van der Waals surface area contributed by atoms with Gasteiger partial charge in [0.1, 0.15) is 0 Å². The minimum absolute atomic E-state index is 0.136. The van der Waals surface area contributed by atoms with E-state index in [4.69, 9.17) is 20.9 Å². The Morgan fingerprint density at radius 1 is 1.39 bits per heavy atom. The molecule has 0 aliphatic carbocycles. The number of nitrogens with zero attached hydrogens (tertiary/aromatic N) is 1. The molecule has 1 aliphatic rings. The Labute approximate surface area is 140 Å². The zero-order valence-corrected chi connectivity index (χ0v) is 14.6. The first kappa shape index (κ1) is 18.6. The van der Waals surface area contributed by atoms with Crippen LogP contribution >= 0.6 is 19.8 Å². The van der Waals surface area contributed by atoms with Gasteiger partial charge in [0.2, 0.25) is 0 Å². The molecule has 1 aromatic rings. The fourth-order valence-electron chi connectivity index (χ4n) is 2.29. The van der Waals surface area contributed by atoms with Crippen LogP contribution in [0.15, 0.2) is 29.2 Å². The largest absolute Gasteiger partial charge is 0.469 e. The molecule has 1 aromatic carbocycles. The summed E-state index contributed by atoms with van der Waals surface area (Å²) in [4.78, 5) is 18.6. The third-order valence-corrected chi connectivity index (χ3v) is 5.33. The van der Waals surface area contributed by atoms with E-state index in [1.165, 1.54) is 0 Å². The predicted octanol–water partition coefficient (Wildman–Crippen LogP) is 1.98. The minimum atomic E-state index is -4.47. The Hall–Kier alpha value is -0.730. The van der Waals surface area contributed by atoms with E-state index >= 15 is 0 Å². The summed E-state index contributed by atoms with van der Waals surface area (Å²) in [7, 11) is -4.47. The zero-order valence-electron chi connectivity index (χ0n) is 12.9. The number of phosphoric acid groups is 1. The van der Waals surface area contributed by atoms with E-state index in [1.54, 1.807) is 18.9 Å². The topological polar surface area (TPSA) is 120 Å². The van der Waals surface area contributed by atoms with Gasteiger partial charge >= 0.3 is 7.82 Å². The van der Waals surface area contributed by atoms with E-state index < -0.39 is 13.4 Å². The molecule has 0 radical (unpaired) electrons. The molecule has 1 fully saturated rings. The quantitative estimate of drug-likeness (QED) is 0.348. The standard InChI is InChI=1S/C14H22N3O4PS/c1-11(15)12-2-4-13(5-3-12)23-17-8-6-14(16,7-9-17)10-21-22(18,19)20/h2-5,15H,6-10,16H2,1H3,(H2,18,19,20). The highest BCUT2D eigenvalue weighted by molar-refractivity contribution is 7.97. The highest BCUT2D eigenvalue weighted by atomic mass is 32.2. The normalized spacial score (nSPS) is 18.8. The van der Waals surface area contributed by atoms with Crippen LogP contribution in [0.1, 0.15) is 25.3 Å². The van der Waals surface area contributed by atoms with Gasteiger partial charge in [0.25, 0.3) is 0 Å². The molecule has 128 valence electrons. The molecule has 0 atom stereocenters. The highest BCUT2D eigenvalue weighted by Crippen LogP contribution is 2.38. The van der Waals surface area contributed by atoms with Gasteiger partial charge in [-0.2, -0.15) is 0 Å². The van der Waals surface area contributed by atoms with E-state index in [0.717, 1.165) is 23.5 Å². The summed E-state index contributed by atoms with van der Waals surface area (Å²) < 4.78 is 17.5. The van der Waals surface area contributed by atoms with Crippen molar-refractivity contribution in [3.63, 3.8) is 0 Å². The molecule has 0 spiro atoms. The fourth-order valence-corrected chi connectivity index (χ4v) is 3.64. The van der Waals surface area contributed by atoms with Crippen LogP contribution in [0.25, 0.3) is 0 Å². The second-order valence-electron chi connectivity index (χ2n) is 5.80. The molecule has 7 nitrogen and oxygen atoms in total. The van der Waals surface area contributed by atoms with Gasteiger partial charge in [-0.15, -0.1) is 0 Å². The lowest BCUT2D eigenvalue weighted by Gasteiger charge is -2.38. The minimum Gasteiger partial charge on any atom is -0.323 e. The molecule has 1 heterocycles. The van der Waals surface area contributed by atoms with Gasteiger partial charge in [-0.05, 0) is 49.4 Å². The van der Waals surface area contributed by atoms with Gasteiger partial charge in [0.15, 0.2) is 0 Å². The average Bonchev–Trinajstić information content (AvgIpc) is 2.48. The number of phosphoric ester groups is 1. The van der Waals surface area contributed by atoms with Crippen molar-refractivity contribution in [1.29, 1.82) is 5.41 Å². The zero-order chi connectivity index (χ0) is 17.1. The van der Waals surface area contributed by atoms with Crippen molar-refractivity contribution in [2.75, 3.05) is 19.7 Å². The molecule has 0 saturated carbocycles. The third-order valence-electron chi connectivity index (χ3n) is 3.76. The van der Waals surface area contributed by atoms with Gasteiger partial charge in [-0.1, -0.05) is 12.1 Å². The summed E-state index contributed by atoms with van der Waals surface area (Å²) >= 11 is 1.62. The van der Waals surface area contributed by atoms with Crippen molar-refractivity contribution < 1.29 is 18.9 Å². The van der Waals surface area contributed by atoms with Crippen molar-refractivity contribution in [3.05, 3.63) is 29.8 Å². The van der Waals surface area contributed by atoms with Crippen LogP contribution in [-0.4, -0.2) is 45.0 Å². The fraction of sp³-hybridized carbons (Fsp3) is 0.500. The molecule has 5 N–H and O–H groups in total. The van der Waals surface area contributed by atoms with Crippen molar-refractivity contribution >= 4 is 25.5 Å². The maximum absolute atomic E-state index is 10.8. The van der Waals surface area contributed by atoms with Gasteiger partial charge < -0.3 is 20.9 Å². The Kier molecular flexibility index (Phi) is 6.02. The van der Waals surface area contributed by atoms with Gasteiger partial charge in [-0.25, -0.2) is 8.87 Å². The Morgan fingerprint density at radius 2 is 1.96 bits per heavy atom. The molecule has 0 aromatic heterocycles. The SMILES string of the molecule is CC(=N)c1ccc(SN2CCC(N)(COP(=O)(O)O)CC2)cc1. The maximum atomic E-state index is 10.8. The van der Waals surface area contributed by atoms with Gasteiger partial charge in [-0.3, -0.25) is 4.52 Å². The van der Waals surface area contributed by atoms with E-state index in [1.807, 2.05) is 24.3 Å². The van der Waals surface area contributed by atoms with Gasteiger partial charge in [0, 0.05) is 29.2 Å². The lowest BCUT2D eigenvalue weighted by Crippen LogP contribution is -2.51. The van der Waals surface area contributed by atoms with Crippen molar-refractivity contribution in [2.24, 2.45) is 5.73 Å². The molecule has 23 heavy (non-hydrogen) atoms. The van der Waals surface area contributed by atoms with E-state index in [2.05, 4.69) is 8.83 Å². The second kappa shape index (κ2) is 7.44. The van der Waals surface area contributed by atoms with Gasteiger partial charge in [0.05, 0.1) is 6.61 Å². The predicted molar refractivity (Wildman–Crippen MR) is 90.5 cm³/mol. The Balaban J connectivity index is 1.84. The number of nitrogens with one attached hydrogen (secondary N) is 1. The first-order valence-electron chi connectivity index (χ1n) is 7.24. The molecule has 2 rings (SSSR count). The molecule has 0 bridgehead atoms. The molecule has 1 saturated heterocycles. The molecule has 1 aliphatic heterocycles. The lowest BCUT2D eigenvalue weighted by molar-refractivity contribution is 0.121. The summed E-state index contributed by atoms with van der Waals surface area (Å²) in [6.45, 7) is 3.06. The van der Waals surface area contributed by atoms with Crippen LogP contribution in [0, 0.1) is 5.41 Å². The number of piperidine rings is 1. The van der Waals surface area contributed by atoms with Crippen LogP contribution < -0.4 is 5.73 Å². The summed E-state index contributed by atoms with van der Waals surface area (Å²) in [5, 5.41) is 7.59. The van der Waals surface area contributed by atoms with Crippen LogP contribution in [0.2, 0.25) is 0 Å². The van der Waals surface area contributed by atoms with Crippen LogP contribution in [0.3, 0.4) is 0 Å². The molecular formula is C14H22N3O4PS. The number of hydrogen-bond acceptors (Lipinski definition) is 6. The van der Waals surface area contributed by atoms with Crippen molar-refractivity contribution in [3.8, 4) is 0 Å². The van der Waals surface area contributed by atoms with E-state index in [0.29, 0.717) is 18.6 Å². The van der Waals surface area contributed by atoms with Crippen LogP contribution in [0.4, 0.5) is 0 Å². The van der Waals surface area contributed by atoms with Crippen molar-refractivity contribution in [2.45, 2.75) is 30.2 Å². The van der Waals surface area contributed by atoms with E-state index in [-0.39, 0.29) is 6.61 Å². The number of benzene rings is 1. The van der Waals surface area contributed by atoms with Crippen LogP contribution in [-0.2, 0) is 9.09 Å². The average molecular weight is 359 g/mol. The smallest absolute Gasteiger partial charge is 0.323 e. The Bertz CT molecular complexity index is 597. The summed E-state index contributed by atoms with van der Waals surface area (Å²) in [6, 6.07) is 7.82. The summed E-state index contributed by atoms with van der Waals surface area (Å²) in [5.74, 6) is 0. The number of hydrogen-bond donors (Lipinski definition) is 4. The third kappa shape index (κ3) is 6.00. The molecule has 9 heteroatoms. The maximum Gasteiger partial charge on any atom is 0.469 e. The number of nitrogens with two attached hydrogens (primary N) is 1. The monoisotopic (exact) mass is 359 g/mol. The lowest BCUT2D eigenvalue weighted by atomic mass is 9.91. The highest BCUT2D eigenvalue weighted by Gasteiger charge is 2.33. The second-order valence-corrected chi connectivity index (χ2v) is 8.21. The first-order chi connectivity index (χ1) is 10.7. The van der Waals surface area contributed by atoms with Crippen LogP contribution in [0.5, 0.6) is 0 Å². The Morgan fingerprint density at radius 3 is 2.43 bits per heavy atom. The van der Waals surface area contributed by atoms with E-state index in [9.17, 15) is 4.57 Å². The molecular weight excluding hydrogens is 337 g/mol. The summed E-state index contributed by atoms with van der Waals surface area (Å²) in [6.07, 6.45) is 1.22. The number of rotatable bonds is 6. The van der Waals surface area contributed by atoms with Crippen molar-refractivity contribution in [1.82, 2.24) is 4.31 Å².